The van der Waals surface area contributed by atoms with Gasteiger partial charge in [0.15, 0.2) is 0 Å². The molecule has 23 heavy (non-hydrogen) atoms. The first kappa shape index (κ1) is 16.6. The van der Waals surface area contributed by atoms with Gasteiger partial charge in [0.2, 0.25) is 0 Å². The van der Waals surface area contributed by atoms with E-state index in [1.54, 1.807) is 37.3 Å². The summed E-state index contributed by atoms with van der Waals surface area (Å²) in [5, 5.41) is 18.1. The lowest BCUT2D eigenvalue weighted by molar-refractivity contribution is 0.0525. The Morgan fingerprint density at radius 2 is 1.83 bits per heavy atom. The lowest BCUT2D eigenvalue weighted by atomic mass is 10.1. The smallest absolute Gasteiger partial charge is 0.338 e. The van der Waals surface area contributed by atoms with Crippen molar-refractivity contribution in [3.05, 3.63) is 59.2 Å². The summed E-state index contributed by atoms with van der Waals surface area (Å²) in [5.41, 5.74) is 0.825. The first-order valence-corrected chi connectivity index (χ1v) is 7.59. The highest BCUT2D eigenvalue weighted by Crippen LogP contribution is 2.31. The van der Waals surface area contributed by atoms with Gasteiger partial charge in [0.1, 0.15) is 6.07 Å². The molecule has 116 valence electrons. The van der Waals surface area contributed by atoms with Crippen LogP contribution in [0.25, 0.3) is 0 Å². The summed E-state index contributed by atoms with van der Waals surface area (Å²) in [4.78, 5) is 24.0. The average Bonchev–Trinajstić information content (AvgIpc) is 2.56. The molecule has 5 nitrogen and oxygen atoms in total. The minimum Gasteiger partial charge on any atom is -0.478 e. The van der Waals surface area contributed by atoms with Gasteiger partial charge in [0.25, 0.3) is 0 Å². The van der Waals surface area contributed by atoms with Crippen LogP contribution in [0, 0.1) is 11.3 Å². The lowest BCUT2D eigenvalue weighted by Crippen LogP contribution is -2.03. The molecular weight excluding hydrogens is 314 g/mol. The number of carbonyl (C=O) groups excluding carboxylic acids is 1. The Kier molecular flexibility index (Phi) is 5.39. The van der Waals surface area contributed by atoms with Gasteiger partial charge in [-0.1, -0.05) is 11.8 Å². The molecule has 0 radical (unpaired) electrons. The van der Waals surface area contributed by atoms with E-state index in [1.807, 2.05) is 6.07 Å². The van der Waals surface area contributed by atoms with E-state index in [9.17, 15) is 9.59 Å². The number of nitriles is 1. The van der Waals surface area contributed by atoms with Crippen molar-refractivity contribution in [1.82, 2.24) is 0 Å². The molecular formula is C17H13NO4S. The van der Waals surface area contributed by atoms with Crippen LogP contribution in [-0.4, -0.2) is 23.7 Å². The summed E-state index contributed by atoms with van der Waals surface area (Å²) < 4.78 is 4.91. The zero-order valence-corrected chi connectivity index (χ0v) is 13.1. The number of nitrogens with zero attached hydrogens (tertiary/aromatic N) is 1. The van der Waals surface area contributed by atoms with E-state index in [-0.39, 0.29) is 11.5 Å². The fourth-order valence-corrected chi connectivity index (χ4v) is 2.72. The second kappa shape index (κ2) is 7.47. The third kappa shape index (κ3) is 4.11. The van der Waals surface area contributed by atoms with E-state index in [0.29, 0.717) is 22.6 Å². The van der Waals surface area contributed by atoms with Gasteiger partial charge in [-0.05, 0) is 49.4 Å². The number of aromatic carboxylic acids is 1. The van der Waals surface area contributed by atoms with Crippen molar-refractivity contribution in [2.45, 2.75) is 16.7 Å². The fourth-order valence-electron chi connectivity index (χ4n) is 1.84. The first-order chi connectivity index (χ1) is 11.0. The third-order valence-electron chi connectivity index (χ3n) is 2.94. The van der Waals surface area contributed by atoms with Crippen LogP contribution >= 0.6 is 11.8 Å². The van der Waals surface area contributed by atoms with Gasteiger partial charge in [-0.2, -0.15) is 5.26 Å². The summed E-state index contributed by atoms with van der Waals surface area (Å²) in [5.74, 6) is -1.45. The number of carbonyl (C=O) groups is 2. The molecule has 0 atom stereocenters. The van der Waals surface area contributed by atoms with Crippen LogP contribution in [-0.2, 0) is 4.74 Å². The molecule has 0 saturated heterocycles. The van der Waals surface area contributed by atoms with Gasteiger partial charge in [-0.3, -0.25) is 0 Å². The third-order valence-corrected chi connectivity index (χ3v) is 4.02. The molecule has 0 aliphatic carbocycles. The molecule has 0 unspecified atom stereocenters. The van der Waals surface area contributed by atoms with Gasteiger partial charge in [-0.25, -0.2) is 9.59 Å². The first-order valence-electron chi connectivity index (χ1n) is 6.77. The number of esters is 1. The summed E-state index contributed by atoms with van der Waals surface area (Å²) in [7, 11) is 0. The maximum atomic E-state index is 11.6. The van der Waals surface area contributed by atoms with E-state index >= 15 is 0 Å². The van der Waals surface area contributed by atoms with Crippen molar-refractivity contribution in [1.29, 1.82) is 5.26 Å². The Morgan fingerprint density at radius 1 is 1.17 bits per heavy atom. The second-order valence-corrected chi connectivity index (χ2v) is 5.59. The average molecular weight is 327 g/mol. The zero-order valence-electron chi connectivity index (χ0n) is 12.3. The molecule has 0 aliphatic rings. The SMILES string of the molecule is CCOC(=O)c1ccc(Sc2ccc(C(=O)O)cc2C#N)cc1. The predicted molar refractivity (Wildman–Crippen MR) is 84.6 cm³/mol. The number of ether oxygens (including phenoxy) is 1. The van der Waals surface area contributed by atoms with Crippen LogP contribution in [0.15, 0.2) is 52.3 Å². The summed E-state index contributed by atoms with van der Waals surface area (Å²) in [6, 6.07) is 13.2. The second-order valence-electron chi connectivity index (χ2n) is 4.47. The quantitative estimate of drug-likeness (QED) is 0.845. The number of benzene rings is 2. The lowest BCUT2D eigenvalue weighted by Gasteiger charge is -2.06. The highest BCUT2D eigenvalue weighted by atomic mass is 32.2. The summed E-state index contributed by atoms with van der Waals surface area (Å²) >= 11 is 1.33. The van der Waals surface area contributed by atoms with Crippen LogP contribution in [0.1, 0.15) is 33.2 Å². The fraction of sp³-hybridized carbons (Fsp3) is 0.118. The zero-order chi connectivity index (χ0) is 16.8. The Balaban J connectivity index is 2.21. The maximum absolute atomic E-state index is 11.6. The Bertz CT molecular complexity index is 778. The van der Waals surface area contributed by atoms with E-state index < -0.39 is 5.97 Å². The molecule has 6 heteroatoms. The van der Waals surface area contributed by atoms with Crippen molar-refractivity contribution in [3.63, 3.8) is 0 Å². The van der Waals surface area contributed by atoms with Gasteiger partial charge in [0, 0.05) is 9.79 Å². The maximum Gasteiger partial charge on any atom is 0.338 e. The molecule has 2 rings (SSSR count). The molecule has 0 amide bonds. The van der Waals surface area contributed by atoms with Gasteiger partial charge in [0.05, 0.1) is 23.3 Å². The van der Waals surface area contributed by atoms with Crippen LogP contribution in [0.4, 0.5) is 0 Å². The molecule has 1 N–H and O–H groups in total. The number of hydrogen-bond acceptors (Lipinski definition) is 5. The molecule has 0 bridgehead atoms. The normalized spacial score (nSPS) is 9.91. The predicted octanol–water partition coefficient (Wildman–Crippen LogP) is 3.58. The highest BCUT2D eigenvalue weighted by molar-refractivity contribution is 7.99. The Labute approximate surface area is 137 Å². The van der Waals surface area contributed by atoms with E-state index in [0.717, 1.165) is 4.90 Å². The van der Waals surface area contributed by atoms with E-state index in [4.69, 9.17) is 15.1 Å². The summed E-state index contributed by atoms with van der Waals surface area (Å²) in [6.07, 6.45) is 0. The van der Waals surface area contributed by atoms with Crippen molar-refractivity contribution in [3.8, 4) is 6.07 Å². The minimum atomic E-state index is -1.07. The van der Waals surface area contributed by atoms with Crippen molar-refractivity contribution >= 4 is 23.7 Å². The van der Waals surface area contributed by atoms with Gasteiger partial charge >= 0.3 is 11.9 Å². The van der Waals surface area contributed by atoms with Crippen molar-refractivity contribution in [2.75, 3.05) is 6.61 Å². The number of hydrogen-bond donors (Lipinski definition) is 1. The van der Waals surface area contributed by atoms with Crippen LogP contribution in [0.5, 0.6) is 0 Å². The van der Waals surface area contributed by atoms with Gasteiger partial charge < -0.3 is 9.84 Å². The molecule has 0 fully saturated rings. The monoisotopic (exact) mass is 327 g/mol. The van der Waals surface area contributed by atoms with Gasteiger partial charge in [-0.15, -0.1) is 0 Å². The van der Waals surface area contributed by atoms with Crippen molar-refractivity contribution in [2.24, 2.45) is 0 Å². The van der Waals surface area contributed by atoms with E-state index in [2.05, 4.69) is 0 Å². The van der Waals surface area contributed by atoms with Crippen LogP contribution in [0.3, 0.4) is 0 Å². The van der Waals surface area contributed by atoms with E-state index in [1.165, 1.54) is 23.9 Å². The number of carboxylic acid groups (broad SMARTS) is 1. The topological polar surface area (TPSA) is 87.4 Å². The molecule has 0 spiro atoms. The highest BCUT2D eigenvalue weighted by Gasteiger charge is 2.10. The summed E-state index contributed by atoms with van der Waals surface area (Å²) in [6.45, 7) is 2.06. The van der Waals surface area contributed by atoms with Crippen LogP contribution in [0.2, 0.25) is 0 Å². The molecule has 0 aliphatic heterocycles. The van der Waals surface area contributed by atoms with Crippen molar-refractivity contribution < 1.29 is 19.4 Å². The number of rotatable bonds is 5. The standard InChI is InChI=1S/C17H13NO4S/c1-2-22-17(21)11-3-6-14(7-4-11)23-15-8-5-12(16(19)20)9-13(15)10-18/h3-9H,2H2,1H3,(H,19,20). The molecule has 0 heterocycles. The number of carboxylic acids is 1. The Hall–Kier alpha value is -2.78. The molecule has 2 aromatic rings. The molecule has 2 aromatic carbocycles. The largest absolute Gasteiger partial charge is 0.478 e. The minimum absolute atomic E-state index is 0.0727. The molecule has 0 saturated carbocycles. The Morgan fingerprint density at radius 3 is 2.39 bits per heavy atom. The van der Waals surface area contributed by atoms with Crippen LogP contribution < -0.4 is 0 Å². The molecule has 0 aromatic heterocycles.